The van der Waals surface area contributed by atoms with Crippen molar-refractivity contribution in [2.75, 3.05) is 13.1 Å². The molecule has 2 aromatic carbocycles. The van der Waals surface area contributed by atoms with Gasteiger partial charge in [-0.2, -0.15) is 0 Å². The van der Waals surface area contributed by atoms with Crippen molar-refractivity contribution in [3.63, 3.8) is 0 Å². The van der Waals surface area contributed by atoms with E-state index in [1.54, 1.807) is 12.1 Å². The van der Waals surface area contributed by atoms with Gasteiger partial charge in [0.05, 0.1) is 0 Å². The Labute approximate surface area is 172 Å². The summed E-state index contributed by atoms with van der Waals surface area (Å²) in [5.74, 6) is 0.985. The predicted molar refractivity (Wildman–Crippen MR) is 111 cm³/mol. The van der Waals surface area contributed by atoms with Crippen LogP contribution in [0.25, 0.3) is 0 Å². The number of carbonyl (C=O) groups is 1. The maximum absolute atomic E-state index is 14.1. The zero-order valence-corrected chi connectivity index (χ0v) is 17.6. The van der Waals surface area contributed by atoms with Gasteiger partial charge >= 0.3 is 6.09 Å². The summed E-state index contributed by atoms with van der Waals surface area (Å²) in [4.78, 5) is 13.0. The van der Waals surface area contributed by atoms with Crippen molar-refractivity contribution < 1.29 is 19.0 Å². The zero-order valence-electron chi connectivity index (χ0n) is 15.4. The van der Waals surface area contributed by atoms with E-state index in [0.29, 0.717) is 31.2 Å². The molecule has 0 aliphatic carbocycles. The summed E-state index contributed by atoms with van der Waals surface area (Å²) < 4.78 is 20.6. The van der Waals surface area contributed by atoms with E-state index in [9.17, 15) is 14.3 Å². The largest absolute Gasteiger partial charge is 0.465 e. The minimum Gasteiger partial charge on any atom is -0.465 e. The minimum atomic E-state index is -0.881. The Morgan fingerprint density at radius 3 is 2.78 bits per heavy atom. The normalized spacial score (nSPS) is 16.8. The summed E-state index contributed by atoms with van der Waals surface area (Å²) in [5, 5.41) is 9.46. The molecule has 0 radical (unpaired) electrons. The van der Waals surface area contributed by atoms with Crippen LogP contribution in [0.3, 0.4) is 0 Å². The molecular formula is C21H23FINO3. The molecule has 0 aromatic heterocycles. The van der Waals surface area contributed by atoms with Gasteiger partial charge in [-0.05, 0) is 82.8 Å². The lowest BCUT2D eigenvalue weighted by molar-refractivity contribution is 0.142. The van der Waals surface area contributed by atoms with Crippen LogP contribution in [0, 0.1) is 15.3 Å². The molecule has 1 unspecified atom stereocenters. The first kappa shape index (κ1) is 19.9. The van der Waals surface area contributed by atoms with Crippen molar-refractivity contribution in [3.05, 3.63) is 56.9 Å². The third kappa shape index (κ3) is 4.91. The molecule has 144 valence electrons. The number of carboxylic acid groups (broad SMARTS) is 1. The molecule has 27 heavy (non-hydrogen) atoms. The van der Waals surface area contributed by atoms with Gasteiger partial charge in [0.2, 0.25) is 0 Å². The molecular weight excluding hydrogens is 460 g/mol. The van der Waals surface area contributed by atoms with Gasteiger partial charge in [-0.25, -0.2) is 9.18 Å². The number of hydrogen-bond acceptors (Lipinski definition) is 2. The topological polar surface area (TPSA) is 49.8 Å². The second-order valence-electron chi connectivity index (χ2n) is 7.34. The maximum Gasteiger partial charge on any atom is 0.407 e. The van der Waals surface area contributed by atoms with Crippen LogP contribution in [-0.2, 0) is 6.42 Å². The van der Waals surface area contributed by atoms with Gasteiger partial charge in [0.15, 0.2) is 11.6 Å². The molecule has 2 aromatic rings. The molecule has 1 N–H and O–H groups in total. The summed E-state index contributed by atoms with van der Waals surface area (Å²) in [6, 6.07) is 10.6. The Bertz CT molecular complexity index is 840. The maximum atomic E-state index is 14.1. The Balaban J connectivity index is 1.89. The van der Waals surface area contributed by atoms with Gasteiger partial charge in [0, 0.05) is 22.6 Å². The standard InChI is InChI=1S/C21H23FINO3/c1-13(2)9-15-12-24(21(25)26)8-7-14-10-17(4-5-18(14)15)27-20-6-3-16(23)11-19(20)22/h3-6,10-11,13,15H,7-9,12H2,1-2H3,(H,25,26). The Hall–Kier alpha value is -1.83. The van der Waals surface area contributed by atoms with Gasteiger partial charge in [0.1, 0.15) is 5.75 Å². The third-order valence-electron chi connectivity index (χ3n) is 4.79. The lowest BCUT2D eigenvalue weighted by Crippen LogP contribution is -2.33. The molecule has 1 heterocycles. The Morgan fingerprint density at radius 2 is 2.11 bits per heavy atom. The fourth-order valence-electron chi connectivity index (χ4n) is 3.60. The van der Waals surface area contributed by atoms with Crippen LogP contribution < -0.4 is 4.74 Å². The molecule has 0 bridgehead atoms. The first-order chi connectivity index (χ1) is 12.8. The van der Waals surface area contributed by atoms with Crippen LogP contribution in [0.15, 0.2) is 36.4 Å². The molecule has 3 rings (SSSR count). The van der Waals surface area contributed by atoms with E-state index in [-0.39, 0.29) is 11.7 Å². The van der Waals surface area contributed by atoms with Crippen LogP contribution in [0.5, 0.6) is 11.5 Å². The van der Waals surface area contributed by atoms with E-state index >= 15 is 0 Å². The second-order valence-corrected chi connectivity index (χ2v) is 8.59. The smallest absolute Gasteiger partial charge is 0.407 e. The van der Waals surface area contributed by atoms with Crippen LogP contribution in [0.2, 0.25) is 0 Å². The average molecular weight is 483 g/mol. The number of hydrogen-bond donors (Lipinski definition) is 1. The fraction of sp³-hybridized carbons (Fsp3) is 0.381. The summed E-state index contributed by atoms with van der Waals surface area (Å²) in [5.41, 5.74) is 2.25. The van der Waals surface area contributed by atoms with Gasteiger partial charge in [0.25, 0.3) is 0 Å². The van der Waals surface area contributed by atoms with Gasteiger partial charge in [-0.3, -0.25) is 0 Å². The number of ether oxygens (including phenoxy) is 1. The van der Waals surface area contributed by atoms with Crippen molar-refractivity contribution in [1.82, 2.24) is 4.90 Å². The molecule has 0 saturated heterocycles. The van der Waals surface area contributed by atoms with Crippen molar-refractivity contribution in [1.29, 1.82) is 0 Å². The van der Waals surface area contributed by atoms with Crippen LogP contribution in [-0.4, -0.2) is 29.2 Å². The minimum absolute atomic E-state index is 0.155. The van der Waals surface area contributed by atoms with Crippen molar-refractivity contribution in [2.45, 2.75) is 32.6 Å². The SMILES string of the molecule is CC(C)CC1CN(C(=O)O)CCc2cc(Oc3ccc(I)cc3F)ccc21. The van der Waals surface area contributed by atoms with Crippen LogP contribution in [0.4, 0.5) is 9.18 Å². The van der Waals surface area contributed by atoms with Gasteiger partial charge in [-0.15, -0.1) is 0 Å². The van der Waals surface area contributed by atoms with Gasteiger partial charge in [-0.1, -0.05) is 19.9 Å². The first-order valence-corrected chi connectivity index (χ1v) is 10.1. The Kier molecular flexibility index (Phi) is 6.24. The average Bonchev–Trinajstić information content (AvgIpc) is 2.76. The van der Waals surface area contributed by atoms with E-state index in [1.165, 1.54) is 16.5 Å². The lowest BCUT2D eigenvalue weighted by atomic mass is 9.87. The first-order valence-electron chi connectivity index (χ1n) is 9.07. The van der Waals surface area contributed by atoms with E-state index < -0.39 is 11.9 Å². The summed E-state index contributed by atoms with van der Waals surface area (Å²) in [6.45, 7) is 5.25. The van der Waals surface area contributed by atoms with Gasteiger partial charge < -0.3 is 14.7 Å². The van der Waals surface area contributed by atoms with E-state index in [2.05, 4.69) is 36.4 Å². The quantitative estimate of drug-likeness (QED) is 0.552. The highest BCUT2D eigenvalue weighted by molar-refractivity contribution is 14.1. The molecule has 6 heteroatoms. The highest BCUT2D eigenvalue weighted by atomic mass is 127. The number of fused-ring (bicyclic) bond motifs is 1. The number of rotatable bonds is 4. The molecule has 0 saturated carbocycles. The van der Waals surface area contributed by atoms with Crippen LogP contribution in [0.1, 0.15) is 37.3 Å². The van der Waals surface area contributed by atoms with Crippen molar-refractivity contribution in [3.8, 4) is 11.5 Å². The summed E-state index contributed by atoms with van der Waals surface area (Å²) in [7, 11) is 0. The highest BCUT2D eigenvalue weighted by Gasteiger charge is 2.26. The summed E-state index contributed by atoms with van der Waals surface area (Å²) >= 11 is 2.06. The lowest BCUT2D eigenvalue weighted by Gasteiger charge is -2.24. The van der Waals surface area contributed by atoms with E-state index in [0.717, 1.165) is 15.6 Å². The van der Waals surface area contributed by atoms with E-state index in [1.807, 2.05) is 18.2 Å². The molecule has 1 aliphatic heterocycles. The highest BCUT2D eigenvalue weighted by Crippen LogP contribution is 2.34. The number of benzene rings is 2. The monoisotopic (exact) mass is 483 g/mol. The third-order valence-corrected chi connectivity index (χ3v) is 5.47. The van der Waals surface area contributed by atoms with E-state index in [4.69, 9.17) is 4.74 Å². The fourth-order valence-corrected chi connectivity index (χ4v) is 4.05. The second kappa shape index (κ2) is 8.46. The zero-order chi connectivity index (χ0) is 19.6. The summed E-state index contributed by atoms with van der Waals surface area (Å²) in [6.07, 6.45) is 0.666. The van der Waals surface area contributed by atoms with Crippen molar-refractivity contribution in [2.24, 2.45) is 5.92 Å². The molecule has 1 amide bonds. The number of halogens is 2. The predicted octanol–water partition coefficient (Wildman–Crippen LogP) is 5.89. The number of amides is 1. The molecule has 0 fully saturated rings. The Morgan fingerprint density at radius 1 is 1.33 bits per heavy atom. The van der Waals surface area contributed by atoms with Crippen LogP contribution >= 0.6 is 22.6 Å². The molecule has 4 nitrogen and oxygen atoms in total. The molecule has 0 spiro atoms. The molecule has 1 aliphatic rings. The number of nitrogens with zero attached hydrogens (tertiary/aromatic N) is 1. The van der Waals surface area contributed by atoms with Crippen molar-refractivity contribution >= 4 is 28.7 Å². The molecule has 1 atom stereocenters.